The number of nitrogens with one attached hydrogen (secondary N) is 4. The van der Waals surface area contributed by atoms with Crippen LogP contribution in [-0.4, -0.2) is 95.0 Å². The summed E-state index contributed by atoms with van der Waals surface area (Å²) in [5.41, 5.74) is 13.0. The van der Waals surface area contributed by atoms with Crippen molar-refractivity contribution in [3.05, 3.63) is 90.0 Å². The zero-order valence-corrected chi connectivity index (χ0v) is 28.5. The molecule has 2 aromatic carbocycles. The van der Waals surface area contributed by atoms with Crippen LogP contribution >= 0.6 is 0 Å². The van der Waals surface area contributed by atoms with Gasteiger partial charge in [0.15, 0.2) is 5.96 Å². The third-order valence-corrected chi connectivity index (χ3v) is 8.28. The fourth-order valence-corrected chi connectivity index (χ4v) is 5.72. The highest BCUT2D eigenvalue weighted by atomic mass is 16.5. The number of rotatable bonds is 17. The molecule has 272 valence electrons. The van der Waals surface area contributed by atoms with Crippen molar-refractivity contribution in [3.8, 4) is 0 Å². The molecule has 1 aliphatic rings. The van der Waals surface area contributed by atoms with Gasteiger partial charge in [-0.25, -0.2) is 14.6 Å². The molecule has 16 nitrogen and oxygen atoms in total. The number of aromatic amines is 1. The summed E-state index contributed by atoms with van der Waals surface area (Å²) in [6.45, 7) is 0.478. The van der Waals surface area contributed by atoms with E-state index in [0.29, 0.717) is 25.0 Å². The normalized spacial score (nSPS) is 15.5. The van der Waals surface area contributed by atoms with Gasteiger partial charge in [0.1, 0.15) is 30.8 Å². The van der Waals surface area contributed by atoms with Gasteiger partial charge >= 0.3 is 12.1 Å². The number of carbonyl (C=O) groups excluding carboxylic acids is 5. The number of H-pyrrole nitrogens is 1. The van der Waals surface area contributed by atoms with Crippen LogP contribution in [0, 0.1) is 0 Å². The standard InChI is InChI=1S/C35H45N9O7/c1-50-33(48)28(19-25-20-38-22-40-25)42-30(45)27(18-23-10-4-2-5-11-23)41-31(46)29-15-9-17-44(29)32(47)26(14-8-16-39-34(36)37)43-35(49)51-21-24-12-6-3-7-13-24/h2-7,10-13,20,22,26-29H,8-9,14-19,21H2,1H3,(H,38,40)(H,41,46)(H,42,45)(H,43,49)(H4,36,37,39). The molecule has 4 unspecified atom stereocenters. The predicted octanol–water partition coefficient (Wildman–Crippen LogP) is 0.677. The number of amides is 4. The Morgan fingerprint density at radius 1 is 0.941 bits per heavy atom. The molecule has 51 heavy (non-hydrogen) atoms. The van der Waals surface area contributed by atoms with Crippen molar-refractivity contribution < 1.29 is 33.4 Å². The molecule has 2 heterocycles. The molecule has 8 N–H and O–H groups in total. The minimum Gasteiger partial charge on any atom is -0.467 e. The number of aromatic nitrogens is 2. The van der Waals surface area contributed by atoms with Gasteiger partial charge in [-0.2, -0.15) is 0 Å². The lowest BCUT2D eigenvalue weighted by Gasteiger charge is -2.30. The molecule has 1 aromatic heterocycles. The van der Waals surface area contributed by atoms with Crippen LogP contribution in [0.5, 0.6) is 0 Å². The van der Waals surface area contributed by atoms with E-state index in [9.17, 15) is 24.0 Å². The largest absolute Gasteiger partial charge is 0.467 e. The van der Waals surface area contributed by atoms with Crippen molar-refractivity contribution in [1.29, 1.82) is 0 Å². The summed E-state index contributed by atoms with van der Waals surface area (Å²) in [4.78, 5) is 79.3. The van der Waals surface area contributed by atoms with Crippen molar-refractivity contribution in [3.63, 3.8) is 0 Å². The number of nitrogens with zero attached hydrogens (tertiary/aromatic N) is 3. The topological polar surface area (TPSA) is 236 Å². The van der Waals surface area contributed by atoms with E-state index in [1.165, 1.54) is 24.5 Å². The molecule has 0 spiro atoms. The highest BCUT2D eigenvalue weighted by molar-refractivity contribution is 5.95. The average Bonchev–Trinajstić information content (AvgIpc) is 3.84. The number of benzene rings is 2. The van der Waals surface area contributed by atoms with Gasteiger partial charge in [0.2, 0.25) is 17.7 Å². The minimum atomic E-state index is -1.10. The first kappa shape index (κ1) is 37.9. The molecular formula is C35H45N9O7. The first-order valence-electron chi connectivity index (χ1n) is 16.7. The second kappa shape index (κ2) is 19.3. The molecule has 3 aromatic rings. The molecule has 4 atom stereocenters. The lowest BCUT2D eigenvalue weighted by atomic mass is 10.0. The summed E-state index contributed by atoms with van der Waals surface area (Å²) >= 11 is 0. The van der Waals surface area contributed by atoms with Gasteiger partial charge in [0.05, 0.1) is 13.4 Å². The van der Waals surface area contributed by atoms with Gasteiger partial charge in [0, 0.05) is 37.8 Å². The molecule has 1 fully saturated rings. The summed E-state index contributed by atoms with van der Waals surface area (Å²) in [6, 6.07) is 14.0. The smallest absolute Gasteiger partial charge is 0.408 e. The third kappa shape index (κ3) is 11.9. The predicted molar refractivity (Wildman–Crippen MR) is 187 cm³/mol. The van der Waals surface area contributed by atoms with Gasteiger partial charge in [-0.3, -0.25) is 19.4 Å². The maximum Gasteiger partial charge on any atom is 0.408 e. The van der Waals surface area contributed by atoms with Gasteiger partial charge in [0.25, 0.3) is 0 Å². The lowest BCUT2D eigenvalue weighted by Crippen LogP contribution is -2.58. The van der Waals surface area contributed by atoms with E-state index >= 15 is 0 Å². The summed E-state index contributed by atoms with van der Waals surface area (Å²) in [5.74, 6) is -2.42. The van der Waals surface area contributed by atoms with E-state index in [-0.39, 0.29) is 44.9 Å². The lowest BCUT2D eigenvalue weighted by molar-refractivity contribution is -0.145. The Labute approximate surface area is 295 Å². The second-order valence-electron chi connectivity index (χ2n) is 12.0. The van der Waals surface area contributed by atoms with Crippen LogP contribution in [0.3, 0.4) is 0 Å². The van der Waals surface area contributed by atoms with Gasteiger partial charge in [-0.15, -0.1) is 0 Å². The van der Waals surface area contributed by atoms with Crippen LogP contribution in [0.15, 0.2) is 78.2 Å². The molecule has 4 amide bonds. The number of hydrogen-bond donors (Lipinski definition) is 6. The first-order chi connectivity index (χ1) is 24.6. The van der Waals surface area contributed by atoms with Gasteiger partial charge in [-0.1, -0.05) is 60.7 Å². The molecule has 16 heteroatoms. The highest BCUT2D eigenvalue weighted by Crippen LogP contribution is 2.21. The van der Waals surface area contributed by atoms with Crippen LogP contribution in [0.1, 0.15) is 42.5 Å². The Kier molecular flexibility index (Phi) is 14.3. The number of nitrogens with two attached hydrogens (primary N) is 2. The van der Waals surface area contributed by atoms with Crippen LogP contribution in [0.4, 0.5) is 4.79 Å². The Hall–Kier alpha value is -5.93. The molecule has 1 saturated heterocycles. The third-order valence-electron chi connectivity index (χ3n) is 8.28. The summed E-state index contributed by atoms with van der Waals surface area (Å²) in [7, 11) is 1.22. The van der Waals surface area contributed by atoms with Crippen LogP contribution < -0.4 is 27.4 Å². The van der Waals surface area contributed by atoms with Crippen molar-refractivity contribution in [2.75, 3.05) is 20.2 Å². The van der Waals surface area contributed by atoms with Crippen molar-refractivity contribution >= 4 is 35.7 Å². The maximum atomic E-state index is 14.0. The van der Waals surface area contributed by atoms with Crippen molar-refractivity contribution in [2.24, 2.45) is 16.5 Å². The fraction of sp³-hybridized carbons (Fsp3) is 0.400. The SMILES string of the molecule is COC(=O)C(Cc1cnc[nH]1)NC(=O)C(Cc1ccccc1)NC(=O)C1CCCN1C(=O)C(CCCN=C(N)N)NC(=O)OCc1ccccc1. The molecule has 0 bridgehead atoms. The first-order valence-corrected chi connectivity index (χ1v) is 16.7. The van der Waals surface area contributed by atoms with Gasteiger partial charge < -0.3 is 46.8 Å². The quantitative estimate of drug-likeness (QED) is 0.0498. The Morgan fingerprint density at radius 3 is 2.29 bits per heavy atom. The molecule has 0 aliphatic carbocycles. The number of methoxy groups -OCH3 is 1. The molecule has 1 aliphatic heterocycles. The molecule has 0 radical (unpaired) electrons. The minimum absolute atomic E-state index is 0.0000781. The highest BCUT2D eigenvalue weighted by Gasteiger charge is 2.39. The summed E-state index contributed by atoms with van der Waals surface area (Å²) < 4.78 is 10.3. The number of hydrogen-bond acceptors (Lipinski definition) is 9. The number of likely N-dealkylation sites (tertiary alicyclic amines) is 1. The monoisotopic (exact) mass is 703 g/mol. The van der Waals surface area contributed by atoms with Crippen LogP contribution in [-0.2, 0) is 48.1 Å². The number of esters is 1. The van der Waals surface area contributed by atoms with Crippen molar-refractivity contribution in [2.45, 2.75) is 69.3 Å². The van der Waals surface area contributed by atoms with Crippen LogP contribution in [0.25, 0.3) is 0 Å². The molecule has 4 rings (SSSR count). The van der Waals surface area contributed by atoms with Crippen molar-refractivity contribution in [1.82, 2.24) is 30.8 Å². The van der Waals surface area contributed by atoms with Gasteiger partial charge in [-0.05, 0) is 36.8 Å². The maximum absolute atomic E-state index is 14.0. The number of aliphatic imine (C=N–C) groups is 1. The van der Waals surface area contributed by atoms with Crippen LogP contribution in [0.2, 0.25) is 0 Å². The van der Waals surface area contributed by atoms with E-state index in [0.717, 1.165) is 11.1 Å². The second-order valence-corrected chi connectivity index (χ2v) is 12.0. The number of carbonyl (C=O) groups is 5. The number of alkyl carbamates (subject to hydrolysis) is 1. The zero-order chi connectivity index (χ0) is 36.6. The Balaban J connectivity index is 1.48. The summed E-state index contributed by atoms with van der Waals surface area (Å²) in [5, 5.41) is 8.18. The Bertz CT molecular complexity index is 1620. The average molecular weight is 704 g/mol. The number of guanidine groups is 1. The van der Waals surface area contributed by atoms with E-state index in [4.69, 9.17) is 20.9 Å². The Morgan fingerprint density at radius 2 is 1.65 bits per heavy atom. The zero-order valence-electron chi connectivity index (χ0n) is 28.5. The van der Waals surface area contributed by atoms with E-state index in [1.807, 2.05) is 48.5 Å². The number of ether oxygens (including phenoxy) is 2. The fourth-order valence-electron chi connectivity index (χ4n) is 5.72. The van der Waals surface area contributed by atoms with E-state index in [1.54, 1.807) is 12.1 Å². The van der Waals surface area contributed by atoms with E-state index < -0.39 is 54.0 Å². The molecule has 0 saturated carbocycles. The number of imidazole rings is 1. The van der Waals surface area contributed by atoms with E-state index in [2.05, 4.69) is 30.9 Å². The molecular weight excluding hydrogens is 658 g/mol. The summed E-state index contributed by atoms with van der Waals surface area (Å²) in [6.07, 6.45) is 3.77.